The minimum absolute atomic E-state index is 0.883. The number of carboxylic acids is 1. The molecule has 1 aromatic carbocycles. The summed E-state index contributed by atoms with van der Waals surface area (Å²) in [6.45, 7) is 2.13. The van der Waals surface area contributed by atoms with Gasteiger partial charge in [0, 0.05) is 0 Å². The van der Waals surface area contributed by atoms with Gasteiger partial charge in [0.25, 0.3) is 0 Å². The molecule has 0 aliphatic heterocycles. The Morgan fingerprint density at radius 1 is 1.36 bits per heavy atom. The molecule has 0 aliphatic carbocycles. The maximum Gasteiger partial charge on any atom is 0.0643 e. The Balaban J connectivity index is 2.68. The number of aryl methyl sites for hydroxylation is 1. The summed E-state index contributed by atoms with van der Waals surface area (Å²) in [4.78, 5) is 10.1. The van der Waals surface area contributed by atoms with E-state index in [1.165, 1.54) is 11.6 Å². The van der Waals surface area contributed by atoms with Crippen LogP contribution in [0.25, 0.3) is 6.08 Å². The van der Waals surface area contributed by atoms with Gasteiger partial charge in [-0.1, -0.05) is 43.7 Å². The van der Waals surface area contributed by atoms with E-state index in [0.717, 1.165) is 24.5 Å². The van der Waals surface area contributed by atoms with Gasteiger partial charge in [-0.05, 0) is 23.6 Å². The molecule has 74 valence electrons. The van der Waals surface area contributed by atoms with Gasteiger partial charge >= 0.3 is 0 Å². The highest BCUT2D eigenvalue weighted by molar-refractivity contribution is 5.83. The standard InChI is InChI=1S/C12H14O2/c1-2-3-10-4-6-11(7-5-10)8-9-12(13)14/h4-9H,2-3H2,1H3,(H,13,14)/p-1/b9-8+. The number of aliphatic carboxylic acids is 1. The fraction of sp³-hybridized carbons (Fsp3) is 0.250. The maximum absolute atomic E-state index is 10.1. The van der Waals surface area contributed by atoms with Gasteiger partial charge in [-0.2, -0.15) is 0 Å². The van der Waals surface area contributed by atoms with Gasteiger partial charge in [-0.25, -0.2) is 0 Å². The molecular formula is C12H13O2-. The van der Waals surface area contributed by atoms with Crippen LogP contribution < -0.4 is 5.11 Å². The van der Waals surface area contributed by atoms with E-state index >= 15 is 0 Å². The molecule has 0 spiro atoms. The zero-order valence-electron chi connectivity index (χ0n) is 8.19. The van der Waals surface area contributed by atoms with Crippen LogP contribution in [0.1, 0.15) is 24.5 Å². The number of rotatable bonds is 4. The summed E-state index contributed by atoms with van der Waals surface area (Å²) in [6, 6.07) is 7.84. The van der Waals surface area contributed by atoms with Crippen molar-refractivity contribution < 1.29 is 9.90 Å². The molecule has 0 saturated carbocycles. The molecule has 2 nitrogen and oxygen atoms in total. The first-order valence-electron chi connectivity index (χ1n) is 4.70. The summed E-state index contributed by atoms with van der Waals surface area (Å²) in [5, 5.41) is 10.1. The van der Waals surface area contributed by atoms with Crippen molar-refractivity contribution in [3.8, 4) is 0 Å². The average molecular weight is 189 g/mol. The number of hydrogen-bond donors (Lipinski definition) is 0. The fourth-order valence-electron chi connectivity index (χ4n) is 1.25. The third kappa shape index (κ3) is 3.44. The fourth-order valence-corrected chi connectivity index (χ4v) is 1.25. The zero-order valence-corrected chi connectivity index (χ0v) is 8.19. The van der Waals surface area contributed by atoms with Crippen molar-refractivity contribution in [2.75, 3.05) is 0 Å². The van der Waals surface area contributed by atoms with Crippen LogP contribution in [0.4, 0.5) is 0 Å². The molecule has 0 saturated heterocycles. The molecule has 0 heterocycles. The van der Waals surface area contributed by atoms with E-state index in [0.29, 0.717) is 0 Å². The molecule has 0 aliphatic rings. The van der Waals surface area contributed by atoms with Gasteiger partial charge in [0.05, 0.1) is 5.97 Å². The predicted molar refractivity (Wildman–Crippen MR) is 54.5 cm³/mol. The Labute approximate surface area is 83.9 Å². The maximum atomic E-state index is 10.1. The zero-order chi connectivity index (χ0) is 10.4. The average Bonchev–Trinajstić information content (AvgIpc) is 2.17. The molecule has 1 aromatic rings. The number of benzene rings is 1. The molecule has 0 bridgehead atoms. The number of hydrogen-bond acceptors (Lipinski definition) is 2. The van der Waals surface area contributed by atoms with Crippen molar-refractivity contribution in [2.24, 2.45) is 0 Å². The monoisotopic (exact) mass is 189 g/mol. The normalized spacial score (nSPS) is 10.6. The number of carbonyl (C=O) groups excluding carboxylic acids is 1. The molecule has 0 radical (unpaired) electrons. The highest BCUT2D eigenvalue weighted by Crippen LogP contribution is 2.07. The van der Waals surface area contributed by atoms with Crippen LogP contribution in [0.5, 0.6) is 0 Å². The molecule has 0 atom stereocenters. The topological polar surface area (TPSA) is 40.1 Å². The molecule has 2 heteroatoms. The van der Waals surface area contributed by atoms with Crippen LogP contribution >= 0.6 is 0 Å². The van der Waals surface area contributed by atoms with Crippen molar-refractivity contribution in [3.05, 3.63) is 41.5 Å². The van der Waals surface area contributed by atoms with Gasteiger partial charge in [-0.3, -0.25) is 0 Å². The van der Waals surface area contributed by atoms with Crippen molar-refractivity contribution in [3.63, 3.8) is 0 Å². The SMILES string of the molecule is CCCc1ccc(/C=C/C(=O)[O-])cc1. The van der Waals surface area contributed by atoms with E-state index in [1.807, 2.05) is 24.3 Å². The summed E-state index contributed by atoms with van der Waals surface area (Å²) in [5.74, 6) is -1.16. The Bertz CT molecular complexity index is 323. The van der Waals surface area contributed by atoms with E-state index in [-0.39, 0.29) is 0 Å². The first-order chi connectivity index (χ1) is 6.72. The van der Waals surface area contributed by atoms with Crippen molar-refractivity contribution in [2.45, 2.75) is 19.8 Å². The molecular weight excluding hydrogens is 176 g/mol. The van der Waals surface area contributed by atoms with Crippen LogP contribution in [-0.2, 0) is 11.2 Å². The summed E-state index contributed by atoms with van der Waals surface area (Å²) < 4.78 is 0. The van der Waals surface area contributed by atoms with Crippen LogP contribution in [-0.4, -0.2) is 5.97 Å². The first-order valence-corrected chi connectivity index (χ1v) is 4.70. The third-order valence-electron chi connectivity index (χ3n) is 1.93. The highest BCUT2D eigenvalue weighted by atomic mass is 16.4. The van der Waals surface area contributed by atoms with Gasteiger partial charge in [0.2, 0.25) is 0 Å². The molecule has 0 fully saturated rings. The lowest BCUT2D eigenvalue weighted by atomic mass is 10.1. The molecule has 0 amide bonds. The molecule has 1 rings (SSSR count). The van der Waals surface area contributed by atoms with Gasteiger partial charge < -0.3 is 9.90 Å². The minimum Gasteiger partial charge on any atom is -0.545 e. The second-order valence-electron chi connectivity index (χ2n) is 3.14. The Kier molecular flexibility index (Phi) is 3.92. The molecule has 14 heavy (non-hydrogen) atoms. The van der Waals surface area contributed by atoms with Crippen LogP contribution in [0.3, 0.4) is 0 Å². The Morgan fingerprint density at radius 2 is 2.00 bits per heavy atom. The van der Waals surface area contributed by atoms with E-state index in [4.69, 9.17) is 0 Å². The van der Waals surface area contributed by atoms with Gasteiger partial charge in [0.15, 0.2) is 0 Å². The van der Waals surface area contributed by atoms with Gasteiger partial charge in [0.1, 0.15) is 0 Å². The Morgan fingerprint density at radius 3 is 2.50 bits per heavy atom. The second-order valence-corrected chi connectivity index (χ2v) is 3.14. The largest absolute Gasteiger partial charge is 0.545 e. The van der Waals surface area contributed by atoms with Crippen LogP contribution in [0.15, 0.2) is 30.3 Å². The quantitative estimate of drug-likeness (QED) is 0.672. The summed E-state index contributed by atoms with van der Waals surface area (Å²) in [7, 11) is 0. The molecule has 0 aromatic heterocycles. The lowest BCUT2D eigenvalue weighted by Gasteiger charge is -1.99. The highest BCUT2D eigenvalue weighted by Gasteiger charge is 1.90. The van der Waals surface area contributed by atoms with E-state index < -0.39 is 5.97 Å². The summed E-state index contributed by atoms with van der Waals surface area (Å²) in [5.41, 5.74) is 2.16. The smallest absolute Gasteiger partial charge is 0.0643 e. The molecule has 0 N–H and O–H groups in total. The van der Waals surface area contributed by atoms with E-state index in [2.05, 4.69) is 6.92 Å². The number of carboxylic acid groups (broad SMARTS) is 1. The summed E-state index contributed by atoms with van der Waals surface area (Å²) in [6.07, 6.45) is 4.75. The second kappa shape index (κ2) is 5.22. The minimum atomic E-state index is -1.16. The van der Waals surface area contributed by atoms with Crippen molar-refractivity contribution in [1.82, 2.24) is 0 Å². The third-order valence-corrected chi connectivity index (χ3v) is 1.93. The van der Waals surface area contributed by atoms with Crippen molar-refractivity contribution >= 4 is 12.0 Å². The van der Waals surface area contributed by atoms with E-state index in [9.17, 15) is 9.90 Å². The number of carbonyl (C=O) groups is 1. The predicted octanol–water partition coefficient (Wildman–Crippen LogP) is 1.40. The first kappa shape index (κ1) is 10.5. The van der Waals surface area contributed by atoms with Gasteiger partial charge in [-0.15, -0.1) is 0 Å². The van der Waals surface area contributed by atoms with Crippen LogP contribution in [0, 0.1) is 0 Å². The van der Waals surface area contributed by atoms with Crippen LogP contribution in [0.2, 0.25) is 0 Å². The summed E-state index contributed by atoms with van der Waals surface area (Å²) >= 11 is 0. The molecule has 0 unspecified atom stereocenters. The van der Waals surface area contributed by atoms with E-state index in [1.54, 1.807) is 0 Å². The van der Waals surface area contributed by atoms with Crippen molar-refractivity contribution in [1.29, 1.82) is 0 Å². The lowest BCUT2D eigenvalue weighted by molar-refractivity contribution is -0.297. The Hall–Kier alpha value is -1.57. The lowest BCUT2D eigenvalue weighted by Crippen LogP contribution is -2.18.